The fourth-order valence-electron chi connectivity index (χ4n) is 7.58. The van der Waals surface area contributed by atoms with Crippen molar-refractivity contribution in [3.63, 3.8) is 0 Å². The zero-order valence-corrected chi connectivity index (χ0v) is 30.9. The Morgan fingerprint density at radius 1 is 1.06 bits per heavy atom. The molecule has 4 aromatic heterocycles. The molecule has 54 heavy (non-hydrogen) atoms. The minimum absolute atomic E-state index is 0.109. The molecule has 8 rings (SSSR count). The summed E-state index contributed by atoms with van der Waals surface area (Å²) in [5, 5.41) is 15.5. The lowest BCUT2D eigenvalue weighted by atomic mass is 10.0. The van der Waals surface area contributed by atoms with Crippen LogP contribution in [-0.4, -0.2) is 102 Å². The van der Waals surface area contributed by atoms with Crippen molar-refractivity contribution < 1.29 is 23.1 Å². The Labute approximate surface area is 313 Å². The number of nitrogens with zero attached hydrogens (tertiary/aromatic N) is 10. The number of benzene rings is 1. The number of amides is 3. The number of rotatable bonds is 10. The molecule has 0 spiro atoms. The van der Waals surface area contributed by atoms with Crippen LogP contribution in [0.4, 0.5) is 17.5 Å². The Balaban J connectivity index is 0.918. The largest absolute Gasteiger partial charge is 0.354 e. The standard InChI is InChI=1S/C36H40N12O5S/c1-21(2)48-29-15-31(40-30-8-11-37-33(41-30)24-16-39-47(20-24)54(52)53)38-17-27(29)34(43-48)45-12-9-25(10-13-45)44(3)18-22-4-5-26-23(14-22)19-46(36(26)51)28-6-7-32(49)42-35(28)50/h4-5,8,11,14-17,20-21,25,28H,6-7,9-10,12-13,18-19H2,1-3H3,(H,52,53)(H,42,49,50)(H,37,38,40,41). The molecule has 18 heteroatoms. The minimum Gasteiger partial charge on any atom is -0.354 e. The number of hydrogen-bond donors (Lipinski definition) is 3. The van der Waals surface area contributed by atoms with Gasteiger partial charge in [0, 0.05) is 68.7 Å². The summed E-state index contributed by atoms with van der Waals surface area (Å²) in [4.78, 5) is 57.1. The number of pyridine rings is 1. The van der Waals surface area contributed by atoms with Crippen molar-refractivity contribution >= 4 is 57.3 Å². The van der Waals surface area contributed by atoms with Crippen LogP contribution < -0.4 is 15.5 Å². The van der Waals surface area contributed by atoms with Gasteiger partial charge in [0.2, 0.25) is 11.8 Å². The predicted molar refractivity (Wildman–Crippen MR) is 200 cm³/mol. The molecule has 2 unspecified atom stereocenters. The number of carbonyl (C=O) groups excluding carboxylic acids is 3. The molecule has 2 fully saturated rings. The number of anilines is 3. The molecular weight excluding hydrogens is 713 g/mol. The number of piperidine rings is 2. The number of aromatic nitrogens is 7. The Bertz CT molecular complexity index is 2300. The maximum atomic E-state index is 13.1. The summed E-state index contributed by atoms with van der Waals surface area (Å²) in [6.07, 6.45) is 8.77. The second-order valence-electron chi connectivity index (χ2n) is 14.2. The highest BCUT2D eigenvalue weighted by atomic mass is 32.2. The number of carbonyl (C=O) groups is 3. The highest BCUT2D eigenvalue weighted by Gasteiger charge is 2.39. The summed E-state index contributed by atoms with van der Waals surface area (Å²) in [5.41, 5.74) is 4.10. The maximum absolute atomic E-state index is 13.1. The van der Waals surface area contributed by atoms with Gasteiger partial charge in [0.15, 0.2) is 11.6 Å². The molecule has 17 nitrogen and oxygen atoms in total. The van der Waals surface area contributed by atoms with E-state index in [1.807, 2.05) is 29.1 Å². The van der Waals surface area contributed by atoms with Crippen molar-refractivity contribution in [2.45, 2.75) is 70.7 Å². The van der Waals surface area contributed by atoms with Gasteiger partial charge >= 0.3 is 0 Å². The van der Waals surface area contributed by atoms with Gasteiger partial charge in [-0.2, -0.15) is 14.3 Å². The molecular formula is C36H40N12O5S. The van der Waals surface area contributed by atoms with Crippen LogP contribution in [0.3, 0.4) is 0 Å². The Morgan fingerprint density at radius 2 is 1.87 bits per heavy atom. The lowest BCUT2D eigenvalue weighted by Gasteiger charge is -2.37. The summed E-state index contributed by atoms with van der Waals surface area (Å²) in [7, 11) is 2.14. The van der Waals surface area contributed by atoms with Crippen molar-refractivity contribution in [1.29, 1.82) is 0 Å². The monoisotopic (exact) mass is 752 g/mol. The van der Waals surface area contributed by atoms with Crippen LogP contribution in [0.15, 0.2) is 55.1 Å². The third-order valence-electron chi connectivity index (χ3n) is 10.4. The smallest absolute Gasteiger partial charge is 0.282 e. The predicted octanol–water partition coefficient (Wildman–Crippen LogP) is 3.26. The molecule has 0 radical (unpaired) electrons. The van der Waals surface area contributed by atoms with Crippen LogP contribution in [0.1, 0.15) is 67.1 Å². The van der Waals surface area contributed by atoms with Gasteiger partial charge in [0.1, 0.15) is 17.7 Å². The van der Waals surface area contributed by atoms with Crippen LogP contribution in [-0.2, 0) is 33.9 Å². The summed E-state index contributed by atoms with van der Waals surface area (Å²) in [5.74, 6) is 1.50. The SMILES string of the molecule is CC(C)n1nc(N2CCC(N(C)Cc3ccc4c(c3)CN(C3CCC(=O)NC3=O)C4=O)CC2)c2cnc(Nc3ccnc(-c4cnn(S(=O)O)c4)n3)cc21. The number of fused-ring (bicyclic) bond motifs is 2. The summed E-state index contributed by atoms with van der Waals surface area (Å²) >= 11 is -2.27. The second-order valence-corrected chi connectivity index (χ2v) is 15.1. The zero-order valence-electron chi connectivity index (χ0n) is 30.0. The van der Waals surface area contributed by atoms with E-state index in [4.69, 9.17) is 10.1 Å². The van der Waals surface area contributed by atoms with Crippen molar-refractivity contribution in [2.24, 2.45) is 0 Å². The third kappa shape index (κ3) is 6.83. The topological polar surface area (TPSA) is 197 Å². The van der Waals surface area contributed by atoms with Gasteiger partial charge in [0.05, 0.1) is 28.9 Å². The zero-order chi connectivity index (χ0) is 37.7. The molecule has 3 amide bonds. The lowest BCUT2D eigenvalue weighted by molar-refractivity contribution is -0.136. The van der Waals surface area contributed by atoms with E-state index in [0.717, 1.165) is 64.4 Å². The Hall–Kier alpha value is -5.59. The van der Waals surface area contributed by atoms with Crippen LogP contribution in [0.5, 0.6) is 0 Å². The number of hydrogen-bond acceptors (Lipinski definition) is 12. The number of nitrogens with one attached hydrogen (secondary N) is 2. The first-order valence-corrected chi connectivity index (χ1v) is 18.9. The average Bonchev–Trinajstić information content (AvgIpc) is 3.88. The molecule has 3 aliphatic rings. The summed E-state index contributed by atoms with van der Waals surface area (Å²) in [6, 6.07) is 9.48. The third-order valence-corrected chi connectivity index (χ3v) is 10.9. The van der Waals surface area contributed by atoms with Crippen LogP contribution >= 0.6 is 0 Å². The lowest BCUT2D eigenvalue weighted by Crippen LogP contribution is -2.52. The van der Waals surface area contributed by atoms with Crippen molar-refractivity contribution in [2.75, 3.05) is 30.4 Å². The molecule has 1 aromatic carbocycles. The van der Waals surface area contributed by atoms with E-state index in [1.54, 1.807) is 17.2 Å². The van der Waals surface area contributed by atoms with Crippen molar-refractivity contribution in [1.82, 2.24) is 49.0 Å². The molecule has 2 atom stereocenters. The molecule has 0 bridgehead atoms. The molecule has 280 valence electrons. The highest BCUT2D eigenvalue weighted by molar-refractivity contribution is 7.77. The van der Waals surface area contributed by atoms with Crippen molar-refractivity contribution in [3.8, 4) is 11.4 Å². The Morgan fingerprint density at radius 3 is 2.61 bits per heavy atom. The van der Waals surface area contributed by atoms with E-state index in [1.165, 1.54) is 12.4 Å². The minimum atomic E-state index is -2.27. The summed E-state index contributed by atoms with van der Waals surface area (Å²) in [6.45, 7) is 6.97. The van der Waals surface area contributed by atoms with Gasteiger partial charge < -0.3 is 15.1 Å². The van der Waals surface area contributed by atoms with E-state index in [-0.39, 0.29) is 24.3 Å². The van der Waals surface area contributed by atoms with E-state index in [9.17, 15) is 23.1 Å². The van der Waals surface area contributed by atoms with Crippen LogP contribution in [0.25, 0.3) is 22.3 Å². The van der Waals surface area contributed by atoms with Gasteiger partial charge in [-0.25, -0.2) is 19.2 Å². The van der Waals surface area contributed by atoms with E-state index in [2.05, 4.69) is 62.5 Å². The average molecular weight is 753 g/mol. The van der Waals surface area contributed by atoms with Crippen LogP contribution in [0, 0.1) is 0 Å². The van der Waals surface area contributed by atoms with E-state index >= 15 is 0 Å². The molecule has 3 aliphatic heterocycles. The molecule has 0 aliphatic carbocycles. The van der Waals surface area contributed by atoms with E-state index < -0.39 is 23.2 Å². The van der Waals surface area contributed by atoms with Crippen molar-refractivity contribution in [3.05, 3.63) is 71.8 Å². The molecule has 3 N–H and O–H groups in total. The highest BCUT2D eigenvalue weighted by Crippen LogP contribution is 2.33. The first kappa shape index (κ1) is 35.4. The molecule has 5 aromatic rings. The number of imide groups is 1. The van der Waals surface area contributed by atoms with E-state index in [0.29, 0.717) is 47.6 Å². The van der Waals surface area contributed by atoms with Gasteiger partial charge in [-0.3, -0.25) is 33.8 Å². The fraction of sp³-hybridized carbons (Fsp3) is 0.389. The molecule has 7 heterocycles. The maximum Gasteiger partial charge on any atom is 0.282 e. The fourth-order valence-corrected chi connectivity index (χ4v) is 7.91. The first-order chi connectivity index (χ1) is 26.0. The van der Waals surface area contributed by atoms with Gasteiger partial charge in [-0.05, 0) is 63.4 Å². The summed E-state index contributed by atoms with van der Waals surface area (Å²) < 4.78 is 23.6. The Kier molecular flexibility index (Phi) is 9.41. The molecule has 0 saturated carbocycles. The quantitative estimate of drug-likeness (QED) is 0.139. The van der Waals surface area contributed by atoms with Gasteiger partial charge in [-0.15, -0.1) is 0 Å². The second kappa shape index (κ2) is 14.3. The molecule has 2 saturated heterocycles. The first-order valence-electron chi connectivity index (χ1n) is 17.9. The van der Waals surface area contributed by atoms with Crippen LogP contribution in [0.2, 0.25) is 0 Å². The van der Waals surface area contributed by atoms with Gasteiger partial charge in [0.25, 0.3) is 17.2 Å². The normalized spacial score (nSPS) is 18.6. The van der Waals surface area contributed by atoms with Gasteiger partial charge in [-0.1, -0.05) is 12.1 Å².